The first-order valence-electron chi connectivity index (χ1n) is 7.76. The van der Waals surface area contributed by atoms with Crippen molar-refractivity contribution in [3.05, 3.63) is 35.0 Å². The van der Waals surface area contributed by atoms with Gasteiger partial charge >= 0.3 is 0 Å². The smallest absolute Gasteiger partial charge is 0.0645 e. The third-order valence-corrected chi connectivity index (χ3v) is 3.99. The molecule has 0 amide bonds. The predicted molar refractivity (Wildman–Crippen MR) is 90.0 cm³/mol. The quantitative estimate of drug-likeness (QED) is 0.749. The summed E-state index contributed by atoms with van der Waals surface area (Å²) < 4.78 is 7.83. The van der Waals surface area contributed by atoms with E-state index >= 15 is 0 Å². The van der Waals surface area contributed by atoms with Crippen molar-refractivity contribution in [3.8, 4) is 0 Å². The summed E-state index contributed by atoms with van der Waals surface area (Å²) in [5.74, 6) is 0. The number of rotatable bonds is 8. The lowest BCUT2D eigenvalue weighted by Crippen LogP contribution is -2.21. The van der Waals surface area contributed by atoms with Crippen LogP contribution in [0, 0.1) is 0 Å². The molecule has 2 rings (SSSR count). The molecule has 0 fully saturated rings. The largest absolute Gasteiger partial charge is 0.380 e. The maximum Gasteiger partial charge on any atom is 0.0645 e. The normalized spacial score (nSPS) is 13.0. The van der Waals surface area contributed by atoms with Crippen molar-refractivity contribution in [2.45, 2.75) is 45.7 Å². The minimum absolute atomic E-state index is 0.205. The average molecular weight is 309 g/mol. The number of aromatic nitrogens is 1. The van der Waals surface area contributed by atoms with Crippen LogP contribution in [0.5, 0.6) is 0 Å². The zero-order chi connectivity index (χ0) is 15.2. The van der Waals surface area contributed by atoms with Gasteiger partial charge in [-0.25, -0.2) is 0 Å². The molecule has 0 saturated heterocycles. The monoisotopic (exact) mass is 308 g/mol. The highest BCUT2D eigenvalue weighted by Crippen LogP contribution is 2.26. The Morgan fingerprint density at radius 1 is 1.29 bits per heavy atom. The van der Waals surface area contributed by atoms with Crippen molar-refractivity contribution < 1.29 is 4.74 Å². The molecule has 1 atom stereocenters. The lowest BCUT2D eigenvalue weighted by molar-refractivity contribution is 0.127. The minimum atomic E-state index is 0.205. The number of benzene rings is 1. The minimum Gasteiger partial charge on any atom is -0.380 e. The van der Waals surface area contributed by atoms with E-state index in [-0.39, 0.29) is 6.04 Å². The molecule has 0 radical (unpaired) electrons. The molecular weight excluding hydrogens is 284 g/mol. The second kappa shape index (κ2) is 7.83. The molecule has 3 nitrogen and oxygen atoms in total. The Balaban J connectivity index is 2.24. The Bertz CT molecular complexity index is 579. The summed E-state index contributed by atoms with van der Waals surface area (Å²) in [6, 6.07) is 6.27. The first-order chi connectivity index (χ1) is 10.2. The fraction of sp³-hybridized carbons (Fsp3) is 0.529. The Labute approximate surface area is 132 Å². The molecule has 0 saturated carbocycles. The van der Waals surface area contributed by atoms with Gasteiger partial charge in [0.05, 0.1) is 6.61 Å². The van der Waals surface area contributed by atoms with Crippen molar-refractivity contribution in [3.63, 3.8) is 0 Å². The number of nitrogens with two attached hydrogens (primary N) is 1. The van der Waals surface area contributed by atoms with Crippen LogP contribution >= 0.6 is 11.6 Å². The molecule has 0 bridgehead atoms. The predicted octanol–water partition coefficient (Wildman–Crippen LogP) is 4.00. The molecule has 21 heavy (non-hydrogen) atoms. The fourth-order valence-electron chi connectivity index (χ4n) is 2.52. The van der Waals surface area contributed by atoms with E-state index in [1.165, 1.54) is 16.5 Å². The van der Waals surface area contributed by atoms with Gasteiger partial charge < -0.3 is 15.0 Å². The molecule has 1 aromatic heterocycles. The molecule has 0 aliphatic heterocycles. The van der Waals surface area contributed by atoms with E-state index in [4.69, 9.17) is 22.1 Å². The first kappa shape index (κ1) is 16.3. The topological polar surface area (TPSA) is 40.2 Å². The van der Waals surface area contributed by atoms with Crippen LogP contribution < -0.4 is 5.73 Å². The van der Waals surface area contributed by atoms with Crippen LogP contribution in [-0.2, 0) is 17.7 Å². The zero-order valence-electron chi connectivity index (χ0n) is 12.9. The number of fused-ring (bicyclic) bond motifs is 1. The Hall–Kier alpha value is -1.03. The van der Waals surface area contributed by atoms with Gasteiger partial charge in [0, 0.05) is 41.3 Å². The molecular formula is C17H25ClN2O. The standard InChI is InChI=1S/C17H25ClN2O/c1-3-8-21-9-7-20-12-13(10-15(19)4-2)16-6-5-14(18)11-17(16)20/h5-6,11-12,15H,3-4,7-10,19H2,1-2H3. The van der Waals surface area contributed by atoms with Crippen molar-refractivity contribution in [1.82, 2.24) is 4.57 Å². The van der Waals surface area contributed by atoms with Crippen molar-refractivity contribution >= 4 is 22.5 Å². The summed E-state index contributed by atoms with van der Waals surface area (Å²) in [6.45, 7) is 6.63. The van der Waals surface area contributed by atoms with Gasteiger partial charge in [-0.15, -0.1) is 0 Å². The molecule has 0 spiro atoms. The fourth-order valence-corrected chi connectivity index (χ4v) is 2.69. The van der Waals surface area contributed by atoms with Crippen LogP contribution in [0.2, 0.25) is 5.02 Å². The first-order valence-corrected chi connectivity index (χ1v) is 8.14. The Morgan fingerprint density at radius 2 is 2.10 bits per heavy atom. The number of nitrogens with zero attached hydrogens (tertiary/aromatic N) is 1. The van der Waals surface area contributed by atoms with Crippen molar-refractivity contribution in [2.24, 2.45) is 5.73 Å². The molecule has 4 heteroatoms. The van der Waals surface area contributed by atoms with Gasteiger partial charge in [0.15, 0.2) is 0 Å². The van der Waals surface area contributed by atoms with Crippen LogP contribution in [-0.4, -0.2) is 23.8 Å². The van der Waals surface area contributed by atoms with E-state index in [2.05, 4.69) is 30.7 Å². The summed E-state index contributed by atoms with van der Waals surface area (Å²) >= 11 is 6.15. The van der Waals surface area contributed by atoms with Crippen LogP contribution in [0.15, 0.2) is 24.4 Å². The summed E-state index contributed by atoms with van der Waals surface area (Å²) in [4.78, 5) is 0. The summed E-state index contributed by atoms with van der Waals surface area (Å²) in [6.07, 6.45) is 5.14. The van der Waals surface area contributed by atoms with Crippen LogP contribution in [0.25, 0.3) is 10.9 Å². The van der Waals surface area contributed by atoms with Crippen LogP contribution in [0.4, 0.5) is 0 Å². The average Bonchev–Trinajstić information content (AvgIpc) is 2.80. The van der Waals surface area contributed by atoms with Crippen molar-refractivity contribution in [2.75, 3.05) is 13.2 Å². The molecule has 1 unspecified atom stereocenters. The van der Waals surface area contributed by atoms with Gasteiger partial charge in [0.1, 0.15) is 0 Å². The highest BCUT2D eigenvalue weighted by Gasteiger charge is 2.11. The SMILES string of the molecule is CCCOCCn1cc(CC(N)CC)c2ccc(Cl)cc21. The lowest BCUT2D eigenvalue weighted by atomic mass is 10.0. The van der Waals surface area contributed by atoms with E-state index in [1.54, 1.807) is 0 Å². The highest BCUT2D eigenvalue weighted by atomic mass is 35.5. The summed E-state index contributed by atoms with van der Waals surface area (Å²) in [7, 11) is 0. The van der Waals surface area contributed by atoms with E-state index in [1.807, 2.05) is 12.1 Å². The summed E-state index contributed by atoms with van der Waals surface area (Å²) in [5.41, 5.74) is 8.58. The van der Waals surface area contributed by atoms with Gasteiger partial charge in [0.25, 0.3) is 0 Å². The summed E-state index contributed by atoms with van der Waals surface area (Å²) in [5, 5.41) is 2.02. The number of ether oxygens (including phenoxy) is 1. The lowest BCUT2D eigenvalue weighted by Gasteiger charge is -2.07. The van der Waals surface area contributed by atoms with Gasteiger partial charge in [0.2, 0.25) is 0 Å². The maximum absolute atomic E-state index is 6.15. The highest BCUT2D eigenvalue weighted by molar-refractivity contribution is 6.31. The van der Waals surface area contributed by atoms with Gasteiger partial charge in [-0.2, -0.15) is 0 Å². The van der Waals surface area contributed by atoms with E-state index in [9.17, 15) is 0 Å². The molecule has 0 aliphatic carbocycles. The third-order valence-electron chi connectivity index (χ3n) is 3.76. The molecule has 0 aliphatic rings. The second-order valence-electron chi connectivity index (χ2n) is 5.49. The van der Waals surface area contributed by atoms with Crippen LogP contribution in [0.3, 0.4) is 0 Å². The molecule has 2 N–H and O–H groups in total. The van der Waals surface area contributed by atoms with Crippen molar-refractivity contribution in [1.29, 1.82) is 0 Å². The Kier molecular flexibility index (Phi) is 6.09. The zero-order valence-corrected chi connectivity index (χ0v) is 13.7. The van der Waals surface area contributed by atoms with E-state index < -0.39 is 0 Å². The Morgan fingerprint density at radius 3 is 2.81 bits per heavy atom. The van der Waals surface area contributed by atoms with E-state index in [0.717, 1.165) is 44.0 Å². The van der Waals surface area contributed by atoms with E-state index in [0.29, 0.717) is 0 Å². The van der Waals surface area contributed by atoms with Crippen LogP contribution in [0.1, 0.15) is 32.3 Å². The number of halogens is 1. The third kappa shape index (κ3) is 4.22. The number of hydrogen-bond donors (Lipinski definition) is 1. The maximum atomic E-state index is 6.15. The molecule has 1 heterocycles. The van der Waals surface area contributed by atoms with Gasteiger partial charge in [-0.1, -0.05) is 31.5 Å². The molecule has 2 aromatic rings. The molecule has 1 aromatic carbocycles. The van der Waals surface area contributed by atoms with Gasteiger partial charge in [-0.3, -0.25) is 0 Å². The second-order valence-corrected chi connectivity index (χ2v) is 5.93. The number of hydrogen-bond acceptors (Lipinski definition) is 2. The molecule has 116 valence electrons. The van der Waals surface area contributed by atoms with Gasteiger partial charge in [-0.05, 0) is 37.0 Å².